The van der Waals surface area contributed by atoms with Gasteiger partial charge in [0.1, 0.15) is 6.33 Å². The van der Waals surface area contributed by atoms with E-state index in [0.717, 1.165) is 38.3 Å². The first-order chi connectivity index (χ1) is 12.5. The van der Waals surface area contributed by atoms with Gasteiger partial charge in [0, 0.05) is 25.7 Å². The van der Waals surface area contributed by atoms with Gasteiger partial charge in [-0.3, -0.25) is 9.30 Å². The molecule has 0 saturated carbocycles. The highest BCUT2D eigenvalue weighted by molar-refractivity contribution is 5.83. The van der Waals surface area contributed by atoms with Gasteiger partial charge in [-0.2, -0.15) is 13.2 Å². The molecule has 2 saturated heterocycles. The molecule has 0 N–H and O–H groups in total. The Bertz CT molecular complexity index is 982. The van der Waals surface area contributed by atoms with Crippen LogP contribution in [0.4, 0.5) is 19.0 Å². The minimum Gasteiger partial charge on any atom is -0.351 e. The summed E-state index contributed by atoms with van der Waals surface area (Å²) in [4.78, 5) is 9.34. The van der Waals surface area contributed by atoms with E-state index < -0.39 is 11.7 Å². The lowest BCUT2D eigenvalue weighted by molar-refractivity contribution is -0.137. The van der Waals surface area contributed by atoms with Crippen molar-refractivity contribution < 1.29 is 13.2 Å². The van der Waals surface area contributed by atoms with E-state index in [9.17, 15) is 13.2 Å². The molecular weight excluding hydrogens is 345 g/mol. The lowest BCUT2D eigenvalue weighted by Gasteiger charge is -2.38. The van der Waals surface area contributed by atoms with Crippen LogP contribution in [0.15, 0.2) is 24.5 Å². The van der Waals surface area contributed by atoms with Crippen LogP contribution in [0.1, 0.15) is 18.4 Å². The van der Waals surface area contributed by atoms with E-state index in [-0.39, 0.29) is 0 Å². The first-order valence-electron chi connectivity index (χ1n) is 8.70. The van der Waals surface area contributed by atoms with Gasteiger partial charge < -0.3 is 4.90 Å². The molecule has 4 heterocycles. The second-order valence-electron chi connectivity index (χ2n) is 6.94. The summed E-state index contributed by atoms with van der Waals surface area (Å²) in [5.74, 6) is 0.696. The molecule has 1 aromatic carbocycles. The van der Waals surface area contributed by atoms with Crippen LogP contribution in [-0.4, -0.2) is 56.7 Å². The van der Waals surface area contributed by atoms with E-state index in [2.05, 4.69) is 25.0 Å². The molecule has 1 unspecified atom stereocenters. The van der Waals surface area contributed by atoms with E-state index >= 15 is 0 Å². The molecule has 2 aromatic heterocycles. The summed E-state index contributed by atoms with van der Waals surface area (Å²) < 4.78 is 40.8. The number of benzene rings is 1. The van der Waals surface area contributed by atoms with Crippen LogP contribution in [-0.2, 0) is 6.18 Å². The quantitative estimate of drug-likeness (QED) is 0.666. The highest BCUT2D eigenvalue weighted by Crippen LogP contribution is 2.33. The fourth-order valence-electron chi connectivity index (χ4n) is 4.11. The third kappa shape index (κ3) is 2.41. The Morgan fingerprint density at radius 3 is 2.85 bits per heavy atom. The second kappa shape index (κ2) is 5.54. The number of nitrogens with zero attached hydrogens (tertiary/aromatic N) is 6. The SMILES string of the molecule is FC(F)(F)c1ccc2nc(N3CCN4CCCC4C3)c3nncn3c2c1. The fraction of sp³-hybridized carbons (Fsp3) is 0.471. The molecule has 0 aliphatic carbocycles. The molecule has 9 heteroatoms. The summed E-state index contributed by atoms with van der Waals surface area (Å²) >= 11 is 0. The van der Waals surface area contributed by atoms with Gasteiger partial charge in [0.15, 0.2) is 5.82 Å². The molecule has 2 aliphatic rings. The molecule has 6 nitrogen and oxygen atoms in total. The topological polar surface area (TPSA) is 49.6 Å². The van der Waals surface area contributed by atoms with E-state index in [1.165, 1.54) is 25.2 Å². The molecule has 5 rings (SSSR count). The van der Waals surface area contributed by atoms with Crippen LogP contribution in [0.3, 0.4) is 0 Å². The number of fused-ring (bicyclic) bond motifs is 4. The molecule has 0 spiro atoms. The Morgan fingerprint density at radius 1 is 1.12 bits per heavy atom. The lowest BCUT2D eigenvalue weighted by Crippen LogP contribution is -2.50. The van der Waals surface area contributed by atoms with Gasteiger partial charge in [-0.25, -0.2) is 4.98 Å². The summed E-state index contributed by atoms with van der Waals surface area (Å²) in [5, 5.41) is 8.06. The number of alkyl halides is 3. The number of halogens is 3. The monoisotopic (exact) mass is 362 g/mol. The zero-order chi connectivity index (χ0) is 17.9. The Hall–Kier alpha value is -2.42. The molecule has 0 radical (unpaired) electrons. The number of piperazine rings is 1. The summed E-state index contributed by atoms with van der Waals surface area (Å²) in [5.41, 5.74) is 0.676. The van der Waals surface area contributed by atoms with E-state index in [1.807, 2.05) is 0 Å². The van der Waals surface area contributed by atoms with Crippen molar-refractivity contribution in [3.63, 3.8) is 0 Å². The normalized spacial score (nSPS) is 21.7. The van der Waals surface area contributed by atoms with Gasteiger partial charge in [-0.15, -0.1) is 10.2 Å². The fourth-order valence-corrected chi connectivity index (χ4v) is 4.11. The third-order valence-corrected chi connectivity index (χ3v) is 5.42. The molecule has 26 heavy (non-hydrogen) atoms. The van der Waals surface area contributed by atoms with Crippen LogP contribution >= 0.6 is 0 Å². The maximum atomic E-state index is 13.1. The van der Waals surface area contributed by atoms with Gasteiger partial charge >= 0.3 is 6.18 Å². The first kappa shape index (κ1) is 15.8. The Balaban J connectivity index is 1.63. The average Bonchev–Trinajstić information content (AvgIpc) is 3.28. The zero-order valence-electron chi connectivity index (χ0n) is 13.9. The Kier molecular flexibility index (Phi) is 3.37. The molecule has 0 bridgehead atoms. The van der Waals surface area contributed by atoms with Crippen LogP contribution in [0.5, 0.6) is 0 Å². The molecule has 1 atom stereocenters. The van der Waals surface area contributed by atoms with Crippen molar-refractivity contribution in [1.29, 1.82) is 0 Å². The van der Waals surface area contributed by atoms with E-state index in [0.29, 0.717) is 28.5 Å². The predicted octanol–water partition coefficient (Wildman–Crippen LogP) is 2.58. The minimum absolute atomic E-state index is 0.364. The zero-order valence-corrected chi connectivity index (χ0v) is 13.9. The molecular formula is C17H17F3N6. The molecule has 0 amide bonds. The van der Waals surface area contributed by atoms with Gasteiger partial charge in [-0.05, 0) is 37.6 Å². The van der Waals surface area contributed by atoms with Crippen LogP contribution in [0.25, 0.3) is 16.7 Å². The van der Waals surface area contributed by atoms with Gasteiger partial charge in [-0.1, -0.05) is 0 Å². The highest BCUT2D eigenvalue weighted by atomic mass is 19.4. The maximum absolute atomic E-state index is 13.1. The van der Waals surface area contributed by atoms with Crippen molar-refractivity contribution in [3.05, 3.63) is 30.1 Å². The van der Waals surface area contributed by atoms with Gasteiger partial charge in [0.2, 0.25) is 5.65 Å². The van der Waals surface area contributed by atoms with Crippen molar-refractivity contribution in [1.82, 2.24) is 24.5 Å². The lowest BCUT2D eigenvalue weighted by atomic mass is 10.1. The number of hydrogen-bond acceptors (Lipinski definition) is 5. The van der Waals surface area contributed by atoms with Gasteiger partial charge in [0.25, 0.3) is 0 Å². The standard InChI is InChI=1S/C17H17F3N6/c18-17(19,20)11-3-4-13-14(8-11)26-10-21-23-16(26)15(22-13)25-7-6-24-5-1-2-12(24)9-25/h3-4,8,10,12H,1-2,5-7,9H2. The highest BCUT2D eigenvalue weighted by Gasteiger charge is 2.33. The van der Waals surface area contributed by atoms with Crippen molar-refractivity contribution >= 4 is 22.5 Å². The molecule has 2 fully saturated rings. The summed E-state index contributed by atoms with van der Waals surface area (Å²) in [6.07, 6.45) is -0.562. The summed E-state index contributed by atoms with van der Waals surface area (Å²) in [7, 11) is 0. The van der Waals surface area contributed by atoms with E-state index in [1.54, 1.807) is 4.40 Å². The van der Waals surface area contributed by atoms with Crippen LogP contribution < -0.4 is 4.90 Å². The number of aromatic nitrogens is 4. The summed E-state index contributed by atoms with van der Waals surface area (Å²) in [6, 6.07) is 4.12. The number of hydrogen-bond donors (Lipinski definition) is 0. The Labute approximate surface area is 147 Å². The van der Waals surface area contributed by atoms with Gasteiger partial charge in [0.05, 0.1) is 16.6 Å². The Morgan fingerprint density at radius 2 is 2.00 bits per heavy atom. The number of rotatable bonds is 1. The number of anilines is 1. The van der Waals surface area contributed by atoms with Crippen molar-refractivity contribution in [2.24, 2.45) is 0 Å². The summed E-state index contributed by atoms with van der Waals surface area (Å²) in [6.45, 7) is 3.81. The minimum atomic E-state index is -4.40. The molecule has 2 aliphatic heterocycles. The smallest absolute Gasteiger partial charge is 0.351 e. The van der Waals surface area contributed by atoms with Crippen LogP contribution in [0.2, 0.25) is 0 Å². The molecule has 3 aromatic rings. The first-order valence-corrected chi connectivity index (χ1v) is 8.70. The maximum Gasteiger partial charge on any atom is 0.416 e. The molecule has 136 valence electrons. The largest absolute Gasteiger partial charge is 0.416 e. The second-order valence-corrected chi connectivity index (χ2v) is 6.94. The average molecular weight is 362 g/mol. The predicted molar refractivity (Wildman–Crippen MR) is 90.1 cm³/mol. The van der Waals surface area contributed by atoms with E-state index in [4.69, 9.17) is 0 Å². The van der Waals surface area contributed by atoms with Crippen molar-refractivity contribution in [2.75, 3.05) is 31.1 Å². The van der Waals surface area contributed by atoms with Crippen LogP contribution in [0, 0.1) is 0 Å². The van der Waals surface area contributed by atoms with Crippen molar-refractivity contribution in [2.45, 2.75) is 25.1 Å². The third-order valence-electron chi connectivity index (χ3n) is 5.42. The van der Waals surface area contributed by atoms with Crippen molar-refractivity contribution in [3.8, 4) is 0 Å².